The summed E-state index contributed by atoms with van der Waals surface area (Å²) in [6.07, 6.45) is 0. The fraction of sp³-hybridized carbons (Fsp3) is 0.250. The van der Waals surface area contributed by atoms with E-state index >= 15 is 0 Å². The number of hydrogen-bond donors (Lipinski definition) is 1. The molecule has 0 fully saturated rings. The highest BCUT2D eigenvalue weighted by atomic mass is 32.1. The lowest BCUT2D eigenvalue weighted by Gasteiger charge is -2.16. The highest BCUT2D eigenvalue weighted by Crippen LogP contribution is 2.34. The Balaban J connectivity index is 2.68. The molecule has 0 nitrogen and oxygen atoms in total. The van der Waals surface area contributed by atoms with Crippen LogP contribution >= 0.6 is 12.6 Å². The Labute approximate surface area is 109 Å². The molecule has 0 aromatic heterocycles. The van der Waals surface area contributed by atoms with Gasteiger partial charge < -0.3 is 0 Å². The standard InChI is InChI=1S/C16H18S/c1-11(2)16-14(9-6-10-15(16)17)13-8-5-4-7-12(13)3/h4-11,17H,1-3H3. The monoisotopic (exact) mass is 242 g/mol. The van der Waals surface area contributed by atoms with Crippen LogP contribution in [0.4, 0.5) is 0 Å². The summed E-state index contributed by atoms with van der Waals surface area (Å²) >= 11 is 4.59. The predicted octanol–water partition coefficient (Wildman–Crippen LogP) is 5.07. The van der Waals surface area contributed by atoms with E-state index in [1.54, 1.807) is 0 Å². The van der Waals surface area contributed by atoms with Gasteiger partial charge in [-0.3, -0.25) is 0 Å². The molecule has 0 unspecified atom stereocenters. The second-order valence-electron chi connectivity index (χ2n) is 4.71. The normalized spacial score (nSPS) is 10.9. The van der Waals surface area contributed by atoms with E-state index in [9.17, 15) is 0 Å². The molecule has 1 heteroatoms. The minimum absolute atomic E-state index is 0.485. The molecule has 2 aromatic carbocycles. The summed E-state index contributed by atoms with van der Waals surface area (Å²) < 4.78 is 0. The molecule has 17 heavy (non-hydrogen) atoms. The maximum absolute atomic E-state index is 4.59. The van der Waals surface area contributed by atoms with E-state index < -0.39 is 0 Å². The predicted molar refractivity (Wildman–Crippen MR) is 78.0 cm³/mol. The van der Waals surface area contributed by atoms with Gasteiger partial charge in [0.25, 0.3) is 0 Å². The van der Waals surface area contributed by atoms with Crippen molar-refractivity contribution in [3.63, 3.8) is 0 Å². The number of rotatable bonds is 2. The van der Waals surface area contributed by atoms with Crippen molar-refractivity contribution < 1.29 is 0 Å². The fourth-order valence-electron chi connectivity index (χ4n) is 2.27. The zero-order valence-corrected chi connectivity index (χ0v) is 11.5. The highest BCUT2D eigenvalue weighted by Gasteiger charge is 2.12. The third-order valence-electron chi connectivity index (χ3n) is 3.10. The van der Waals surface area contributed by atoms with Gasteiger partial charge in [0.05, 0.1) is 0 Å². The van der Waals surface area contributed by atoms with Crippen LogP contribution in [-0.4, -0.2) is 0 Å². The maximum Gasteiger partial charge on any atom is 0.00808 e. The van der Waals surface area contributed by atoms with Gasteiger partial charge in [-0.05, 0) is 41.2 Å². The van der Waals surface area contributed by atoms with Crippen LogP contribution in [0.1, 0.15) is 30.9 Å². The first kappa shape index (κ1) is 12.3. The molecule has 2 rings (SSSR count). The average molecular weight is 242 g/mol. The molecule has 0 aliphatic rings. The first-order valence-corrected chi connectivity index (χ1v) is 6.44. The van der Waals surface area contributed by atoms with Crippen molar-refractivity contribution in [3.05, 3.63) is 53.6 Å². The first-order valence-electron chi connectivity index (χ1n) is 5.99. The minimum Gasteiger partial charge on any atom is -0.143 e. The van der Waals surface area contributed by atoms with Gasteiger partial charge in [0.2, 0.25) is 0 Å². The van der Waals surface area contributed by atoms with E-state index in [0.717, 1.165) is 4.90 Å². The van der Waals surface area contributed by atoms with Crippen LogP contribution in [0.3, 0.4) is 0 Å². The molecule has 0 heterocycles. The van der Waals surface area contributed by atoms with Gasteiger partial charge in [-0.1, -0.05) is 50.2 Å². The van der Waals surface area contributed by atoms with Crippen LogP contribution in [0.25, 0.3) is 11.1 Å². The van der Waals surface area contributed by atoms with Gasteiger partial charge in [-0.25, -0.2) is 0 Å². The molecule has 0 aliphatic heterocycles. The maximum atomic E-state index is 4.59. The zero-order valence-electron chi connectivity index (χ0n) is 10.6. The minimum atomic E-state index is 0.485. The van der Waals surface area contributed by atoms with Crippen molar-refractivity contribution in [2.75, 3.05) is 0 Å². The lowest BCUT2D eigenvalue weighted by atomic mass is 9.90. The van der Waals surface area contributed by atoms with Crippen LogP contribution in [0, 0.1) is 6.92 Å². The summed E-state index contributed by atoms with van der Waals surface area (Å²) in [4.78, 5) is 1.08. The Morgan fingerprint density at radius 1 is 0.882 bits per heavy atom. The van der Waals surface area contributed by atoms with Crippen molar-refractivity contribution in [1.82, 2.24) is 0 Å². The molecular formula is C16H18S. The van der Waals surface area contributed by atoms with Gasteiger partial charge >= 0.3 is 0 Å². The van der Waals surface area contributed by atoms with Gasteiger partial charge in [0, 0.05) is 4.90 Å². The van der Waals surface area contributed by atoms with Crippen LogP contribution in [-0.2, 0) is 0 Å². The van der Waals surface area contributed by atoms with Gasteiger partial charge in [0.1, 0.15) is 0 Å². The quantitative estimate of drug-likeness (QED) is 0.698. The van der Waals surface area contributed by atoms with E-state index in [4.69, 9.17) is 0 Å². The van der Waals surface area contributed by atoms with Crippen molar-refractivity contribution in [3.8, 4) is 11.1 Å². The van der Waals surface area contributed by atoms with Crippen LogP contribution in [0.15, 0.2) is 47.4 Å². The molecule has 88 valence electrons. The number of thiol groups is 1. The van der Waals surface area contributed by atoms with Crippen LogP contribution in [0.5, 0.6) is 0 Å². The Morgan fingerprint density at radius 2 is 1.53 bits per heavy atom. The molecule has 0 saturated carbocycles. The average Bonchev–Trinajstić information content (AvgIpc) is 2.28. The second kappa shape index (κ2) is 4.97. The molecule has 0 amide bonds. The van der Waals surface area contributed by atoms with Crippen molar-refractivity contribution in [2.45, 2.75) is 31.6 Å². The molecular weight excluding hydrogens is 224 g/mol. The van der Waals surface area contributed by atoms with E-state index in [1.165, 1.54) is 22.3 Å². The van der Waals surface area contributed by atoms with E-state index in [1.807, 2.05) is 0 Å². The summed E-state index contributed by atoms with van der Waals surface area (Å²) in [7, 11) is 0. The van der Waals surface area contributed by atoms with Crippen molar-refractivity contribution in [2.24, 2.45) is 0 Å². The molecule has 0 spiro atoms. The molecule has 0 saturated heterocycles. The van der Waals surface area contributed by atoms with Gasteiger partial charge in [-0.15, -0.1) is 12.6 Å². The summed E-state index contributed by atoms with van der Waals surface area (Å²) in [6.45, 7) is 6.60. The lowest BCUT2D eigenvalue weighted by molar-refractivity contribution is 0.845. The summed E-state index contributed by atoms with van der Waals surface area (Å²) in [6, 6.07) is 14.9. The highest BCUT2D eigenvalue weighted by molar-refractivity contribution is 7.80. The molecule has 2 aromatic rings. The van der Waals surface area contributed by atoms with Crippen LogP contribution in [0.2, 0.25) is 0 Å². The van der Waals surface area contributed by atoms with E-state index in [2.05, 4.69) is 75.9 Å². The third kappa shape index (κ3) is 2.39. The second-order valence-corrected chi connectivity index (χ2v) is 5.19. The summed E-state index contributed by atoms with van der Waals surface area (Å²) in [5, 5.41) is 0. The van der Waals surface area contributed by atoms with Gasteiger partial charge in [-0.2, -0.15) is 0 Å². The topological polar surface area (TPSA) is 0 Å². The largest absolute Gasteiger partial charge is 0.143 e. The number of aryl methyl sites for hydroxylation is 1. The zero-order chi connectivity index (χ0) is 12.4. The number of hydrogen-bond acceptors (Lipinski definition) is 1. The molecule has 0 radical (unpaired) electrons. The van der Waals surface area contributed by atoms with Crippen molar-refractivity contribution in [1.29, 1.82) is 0 Å². The van der Waals surface area contributed by atoms with Crippen molar-refractivity contribution >= 4 is 12.6 Å². The lowest BCUT2D eigenvalue weighted by Crippen LogP contribution is -1.95. The van der Waals surface area contributed by atoms with E-state index in [-0.39, 0.29) is 0 Å². The smallest absolute Gasteiger partial charge is 0.00808 e. The molecule has 0 N–H and O–H groups in total. The summed E-state index contributed by atoms with van der Waals surface area (Å²) in [5.41, 5.74) is 5.27. The Bertz CT molecular complexity index is 527. The summed E-state index contributed by atoms with van der Waals surface area (Å²) in [5.74, 6) is 0.485. The van der Waals surface area contributed by atoms with Gasteiger partial charge in [0.15, 0.2) is 0 Å². The van der Waals surface area contributed by atoms with Crippen LogP contribution < -0.4 is 0 Å². The molecule has 0 bridgehead atoms. The van der Waals surface area contributed by atoms with E-state index in [0.29, 0.717) is 5.92 Å². The Morgan fingerprint density at radius 3 is 2.18 bits per heavy atom. The first-order chi connectivity index (χ1) is 8.11. The Kier molecular flexibility index (Phi) is 3.58. The SMILES string of the molecule is Cc1ccccc1-c1cccc(S)c1C(C)C. The molecule has 0 atom stereocenters. The molecule has 0 aliphatic carbocycles. The number of benzene rings is 2. The third-order valence-corrected chi connectivity index (χ3v) is 3.49. The Hall–Kier alpha value is -1.21. The fourth-order valence-corrected chi connectivity index (χ4v) is 2.73.